The van der Waals surface area contributed by atoms with Crippen LogP contribution in [0.15, 0.2) is 55.0 Å². The van der Waals surface area contributed by atoms with Crippen LogP contribution in [0.25, 0.3) is 27.7 Å². The Labute approximate surface area is 121 Å². The molecule has 0 fully saturated rings. The number of aromatic nitrogens is 3. The molecule has 4 rings (SSSR count). The van der Waals surface area contributed by atoms with Crippen LogP contribution in [-0.4, -0.2) is 14.4 Å². The van der Waals surface area contributed by atoms with Gasteiger partial charge < -0.3 is 5.73 Å². The standard InChI is InChI=1S/C17H14N4/c1-11-5-4-8-21-16(18)15(20-17(11)21)14-10-19-9-12-6-2-3-7-13(12)14/h2-10H,18H2,1H3. The van der Waals surface area contributed by atoms with Gasteiger partial charge in [0.1, 0.15) is 17.2 Å². The van der Waals surface area contributed by atoms with Crippen LogP contribution in [0.2, 0.25) is 0 Å². The largest absolute Gasteiger partial charge is 0.383 e. The lowest BCUT2D eigenvalue weighted by Gasteiger charge is -2.04. The third-order valence-electron chi connectivity index (χ3n) is 3.81. The molecule has 0 amide bonds. The van der Waals surface area contributed by atoms with E-state index >= 15 is 0 Å². The fourth-order valence-electron chi connectivity index (χ4n) is 2.73. The third-order valence-corrected chi connectivity index (χ3v) is 3.81. The maximum atomic E-state index is 6.30. The summed E-state index contributed by atoms with van der Waals surface area (Å²) in [7, 11) is 0. The van der Waals surface area contributed by atoms with Crippen molar-refractivity contribution in [1.82, 2.24) is 14.4 Å². The molecule has 3 heterocycles. The van der Waals surface area contributed by atoms with Crippen LogP contribution < -0.4 is 5.73 Å². The van der Waals surface area contributed by atoms with E-state index in [1.165, 1.54) is 0 Å². The molecule has 4 heteroatoms. The predicted molar refractivity (Wildman–Crippen MR) is 85.1 cm³/mol. The number of fused-ring (bicyclic) bond motifs is 2. The average Bonchev–Trinajstić information content (AvgIpc) is 2.85. The van der Waals surface area contributed by atoms with E-state index in [9.17, 15) is 0 Å². The first-order valence-electron chi connectivity index (χ1n) is 6.82. The van der Waals surface area contributed by atoms with Crippen molar-refractivity contribution < 1.29 is 0 Å². The summed E-state index contributed by atoms with van der Waals surface area (Å²) in [5.41, 5.74) is 10.0. The van der Waals surface area contributed by atoms with Gasteiger partial charge in [-0.05, 0) is 23.9 Å². The summed E-state index contributed by atoms with van der Waals surface area (Å²) in [5, 5.41) is 2.20. The molecular formula is C17H14N4. The van der Waals surface area contributed by atoms with Gasteiger partial charge in [-0.1, -0.05) is 30.3 Å². The monoisotopic (exact) mass is 274 g/mol. The Morgan fingerprint density at radius 1 is 1.05 bits per heavy atom. The highest BCUT2D eigenvalue weighted by molar-refractivity contribution is 5.97. The van der Waals surface area contributed by atoms with Crippen molar-refractivity contribution in [3.8, 4) is 11.3 Å². The molecule has 0 aliphatic rings. The maximum Gasteiger partial charge on any atom is 0.142 e. The SMILES string of the molecule is Cc1cccn2c(N)c(-c3cncc4ccccc34)nc12. The molecular weight excluding hydrogens is 260 g/mol. The number of imidazole rings is 1. The zero-order valence-corrected chi connectivity index (χ0v) is 11.6. The Hall–Kier alpha value is -2.88. The summed E-state index contributed by atoms with van der Waals surface area (Å²) in [6.45, 7) is 2.03. The molecule has 1 aromatic carbocycles. The second-order valence-corrected chi connectivity index (χ2v) is 5.14. The Morgan fingerprint density at radius 2 is 1.90 bits per heavy atom. The van der Waals surface area contributed by atoms with Gasteiger partial charge in [0.05, 0.1) is 0 Å². The van der Waals surface area contributed by atoms with Gasteiger partial charge in [-0.25, -0.2) is 4.98 Å². The van der Waals surface area contributed by atoms with Crippen molar-refractivity contribution in [1.29, 1.82) is 0 Å². The van der Waals surface area contributed by atoms with Crippen molar-refractivity contribution >= 4 is 22.2 Å². The lowest BCUT2D eigenvalue weighted by atomic mass is 10.1. The minimum Gasteiger partial charge on any atom is -0.383 e. The summed E-state index contributed by atoms with van der Waals surface area (Å²) in [5.74, 6) is 0.645. The average molecular weight is 274 g/mol. The second-order valence-electron chi connectivity index (χ2n) is 5.14. The second kappa shape index (κ2) is 4.31. The molecule has 0 aliphatic carbocycles. The number of nitrogens with two attached hydrogens (primary N) is 1. The molecule has 21 heavy (non-hydrogen) atoms. The van der Waals surface area contributed by atoms with E-state index in [1.807, 2.05) is 60.2 Å². The Bertz CT molecular complexity index is 964. The first-order valence-corrected chi connectivity index (χ1v) is 6.82. The third kappa shape index (κ3) is 1.69. The molecule has 0 radical (unpaired) electrons. The van der Waals surface area contributed by atoms with Crippen LogP contribution in [0.5, 0.6) is 0 Å². The molecule has 0 aliphatic heterocycles. The van der Waals surface area contributed by atoms with E-state index < -0.39 is 0 Å². The molecule has 2 N–H and O–H groups in total. The minimum atomic E-state index is 0.645. The number of benzene rings is 1. The topological polar surface area (TPSA) is 56.2 Å². The van der Waals surface area contributed by atoms with Crippen LogP contribution in [0.3, 0.4) is 0 Å². The van der Waals surface area contributed by atoms with Crippen LogP contribution in [0.1, 0.15) is 5.56 Å². The Morgan fingerprint density at radius 3 is 2.76 bits per heavy atom. The predicted octanol–water partition coefficient (Wildman–Crippen LogP) is 3.44. The highest BCUT2D eigenvalue weighted by Gasteiger charge is 2.14. The molecule has 3 aromatic heterocycles. The number of hydrogen-bond acceptors (Lipinski definition) is 3. The number of rotatable bonds is 1. The van der Waals surface area contributed by atoms with Gasteiger partial charge in [-0.3, -0.25) is 9.38 Å². The summed E-state index contributed by atoms with van der Waals surface area (Å²) in [6.07, 6.45) is 5.62. The van der Waals surface area contributed by atoms with Crippen molar-refractivity contribution in [3.63, 3.8) is 0 Å². The number of nitrogen functional groups attached to an aromatic ring is 1. The molecule has 0 spiro atoms. The van der Waals surface area contributed by atoms with E-state index in [0.29, 0.717) is 5.82 Å². The van der Waals surface area contributed by atoms with Gasteiger partial charge in [0.2, 0.25) is 0 Å². The normalized spacial score (nSPS) is 11.3. The van der Waals surface area contributed by atoms with Gasteiger partial charge in [0.25, 0.3) is 0 Å². The summed E-state index contributed by atoms with van der Waals surface area (Å²) in [4.78, 5) is 9.05. The van der Waals surface area contributed by atoms with E-state index in [2.05, 4.69) is 11.1 Å². The molecule has 0 saturated heterocycles. The van der Waals surface area contributed by atoms with Crippen molar-refractivity contribution in [2.75, 3.05) is 5.73 Å². The Kier molecular flexibility index (Phi) is 2.44. The molecule has 0 bridgehead atoms. The zero-order valence-electron chi connectivity index (χ0n) is 11.6. The fourth-order valence-corrected chi connectivity index (χ4v) is 2.73. The minimum absolute atomic E-state index is 0.645. The van der Waals surface area contributed by atoms with Crippen LogP contribution in [0, 0.1) is 6.92 Å². The quantitative estimate of drug-likeness (QED) is 0.578. The molecule has 0 atom stereocenters. The molecule has 4 aromatic rings. The molecule has 0 unspecified atom stereocenters. The molecule has 0 saturated carbocycles. The van der Waals surface area contributed by atoms with E-state index in [0.717, 1.165) is 33.2 Å². The van der Waals surface area contributed by atoms with Gasteiger partial charge in [-0.2, -0.15) is 0 Å². The summed E-state index contributed by atoms with van der Waals surface area (Å²) < 4.78 is 1.92. The van der Waals surface area contributed by atoms with Crippen molar-refractivity contribution in [2.24, 2.45) is 0 Å². The highest BCUT2D eigenvalue weighted by atomic mass is 15.1. The number of anilines is 1. The van der Waals surface area contributed by atoms with Gasteiger partial charge in [0.15, 0.2) is 0 Å². The Balaban J connectivity index is 2.10. The first kappa shape index (κ1) is 11.9. The van der Waals surface area contributed by atoms with Crippen LogP contribution in [-0.2, 0) is 0 Å². The number of pyridine rings is 2. The van der Waals surface area contributed by atoms with Crippen LogP contribution in [0.4, 0.5) is 5.82 Å². The lowest BCUT2D eigenvalue weighted by Crippen LogP contribution is -1.95. The summed E-state index contributed by atoms with van der Waals surface area (Å²) >= 11 is 0. The summed E-state index contributed by atoms with van der Waals surface area (Å²) in [6, 6.07) is 12.2. The van der Waals surface area contributed by atoms with E-state index in [4.69, 9.17) is 10.7 Å². The van der Waals surface area contributed by atoms with Crippen molar-refractivity contribution in [2.45, 2.75) is 6.92 Å². The van der Waals surface area contributed by atoms with Gasteiger partial charge >= 0.3 is 0 Å². The molecule has 4 nitrogen and oxygen atoms in total. The van der Waals surface area contributed by atoms with E-state index in [1.54, 1.807) is 0 Å². The van der Waals surface area contributed by atoms with Crippen molar-refractivity contribution in [3.05, 3.63) is 60.6 Å². The van der Waals surface area contributed by atoms with Gasteiger partial charge in [0, 0.05) is 29.5 Å². The van der Waals surface area contributed by atoms with E-state index in [-0.39, 0.29) is 0 Å². The van der Waals surface area contributed by atoms with Crippen LogP contribution >= 0.6 is 0 Å². The lowest BCUT2D eigenvalue weighted by molar-refractivity contribution is 1.17. The number of aryl methyl sites for hydroxylation is 1. The fraction of sp³-hybridized carbons (Fsp3) is 0.0588. The molecule has 102 valence electrons. The maximum absolute atomic E-state index is 6.30. The first-order chi connectivity index (χ1) is 10.3. The number of hydrogen-bond donors (Lipinski definition) is 1. The smallest absolute Gasteiger partial charge is 0.142 e. The number of nitrogens with zero attached hydrogens (tertiary/aromatic N) is 3. The zero-order chi connectivity index (χ0) is 14.4. The highest BCUT2D eigenvalue weighted by Crippen LogP contribution is 2.32. The van der Waals surface area contributed by atoms with Gasteiger partial charge in [-0.15, -0.1) is 0 Å².